The zero-order chi connectivity index (χ0) is 14.9. The van der Waals surface area contributed by atoms with Gasteiger partial charge in [0.05, 0.1) is 12.2 Å². The van der Waals surface area contributed by atoms with E-state index in [0.29, 0.717) is 24.1 Å². The molecule has 0 spiro atoms. The summed E-state index contributed by atoms with van der Waals surface area (Å²) in [6.07, 6.45) is 6.62. The maximum Gasteiger partial charge on any atom is 0.242 e. The van der Waals surface area contributed by atoms with Crippen molar-refractivity contribution in [2.75, 3.05) is 30.3 Å². The maximum absolute atomic E-state index is 10.7. The monoisotopic (exact) mass is 292 g/mol. The number of hydrogen-bond donors (Lipinski definition) is 2. The Bertz CT molecular complexity index is 510. The maximum atomic E-state index is 10.7. The number of nitrogen functional groups attached to an aromatic ring is 1. The Labute approximate surface area is 125 Å². The molecule has 0 aromatic carbocycles. The smallest absolute Gasteiger partial charge is 0.242 e. The molecule has 3 rings (SSSR count). The molecule has 1 aromatic rings. The number of piperidine rings is 1. The van der Waals surface area contributed by atoms with Crippen molar-refractivity contribution in [1.82, 2.24) is 9.97 Å². The van der Waals surface area contributed by atoms with Gasteiger partial charge in [-0.3, -0.25) is 0 Å². The average molecular weight is 292 g/mol. The summed E-state index contributed by atoms with van der Waals surface area (Å²) in [5, 5.41) is 10.7. The molecule has 0 radical (unpaired) electrons. The number of nitrogens with zero attached hydrogens (tertiary/aromatic N) is 3. The number of aliphatic hydroxyl groups is 1. The summed E-state index contributed by atoms with van der Waals surface area (Å²) in [5.41, 5.74) is 6.16. The third kappa shape index (κ3) is 2.64. The van der Waals surface area contributed by atoms with Crippen molar-refractivity contribution >= 4 is 11.5 Å². The van der Waals surface area contributed by atoms with Gasteiger partial charge in [-0.15, -0.1) is 0 Å². The van der Waals surface area contributed by atoms with Gasteiger partial charge in [-0.25, -0.2) is 4.98 Å². The second-order valence-corrected chi connectivity index (χ2v) is 6.09. The van der Waals surface area contributed by atoms with E-state index in [2.05, 4.69) is 14.9 Å². The first-order valence-electron chi connectivity index (χ1n) is 7.84. The van der Waals surface area contributed by atoms with E-state index in [1.165, 1.54) is 12.7 Å². The molecule has 1 aliphatic carbocycles. The fraction of sp³-hybridized carbons (Fsp3) is 0.733. The molecule has 116 valence electrons. The zero-order valence-electron chi connectivity index (χ0n) is 12.6. The Morgan fingerprint density at radius 3 is 3.10 bits per heavy atom. The summed E-state index contributed by atoms with van der Waals surface area (Å²) in [7, 11) is 0. The predicted molar refractivity (Wildman–Crippen MR) is 81.4 cm³/mol. The average Bonchev–Trinajstić information content (AvgIpc) is 2.49. The van der Waals surface area contributed by atoms with Crippen molar-refractivity contribution in [1.29, 1.82) is 0 Å². The largest absolute Gasteiger partial charge is 0.476 e. The van der Waals surface area contributed by atoms with Crippen molar-refractivity contribution < 1.29 is 9.84 Å². The Balaban J connectivity index is 1.81. The second kappa shape index (κ2) is 5.67. The standard InChI is InChI=1S/C15H24N4O2/c1-2-21-14-12(16)13(17-10-18-14)19-8-7-15(20)6-4-3-5-11(15)9-19/h10-11,20H,2-9,16H2,1H3. The van der Waals surface area contributed by atoms with Crippen LogP contribution in [0.4, 0.5) is 11.5 Å². The normalized spacial score (nSPS) is 29.0. The lowest BCUT2D eigenvalue weighted by atomic mass is 9.71. The molecule has 1 aromatic heterocycles. The molecular weight excluding hydrogens is 268 g/mol. The molecule has 3 N–H and O–H groups in total. The van der Waals surface area contributed by atoms with Gasteiger partial charge in [-0.1, -0.05) is 12.8 Å². The molecule has 1 aliphatic heterocycles. The first-order valence-corrected chi connectivity index (χ1v) is 7.84. The number of aromatic nitrogens is 2. The van der Waals surface area contributed by atoms with Crippen LogP contribution in [0.3, 0.4) is 0 Å². The lowest BCUT2D eigenvalue weighted by Gasteiger charge is -2.47. The van der Waals surface area contributed by atoms with Crippen LogP contribution in [0, 0.1) is 5.92 Å². The third-order valence-corrected chi connectivity index (χ3v) is 4.83. The zero-order valence-corrected chi connectivity index (χ0v) is 12.6. The highest BCUT2D eigenvalue weighted by atomic mass is 16.5. The SMILES string of the molecule is CCOc1ncnc(N2CCC3(O)CCCCC3C2)c1N. The molecule has 0 amide bonds. The number of ether oxygens (including phenoxy) is 1. The first kappa shape index (κ1) is 14.4. The van der Waals surface area contributed by atoms with Crippen molar-refractivity contribution in [3.8, 4) is 5.88 Å². The fourth-order valence-electron chi connectivity index (χ4n) is 3.64. The van der Waals surface area contributed by atoms with E-state index in [4.69, 9.17) is 10.5 Å². The van der Waals surface area contributed by atoms with Crippen molar-refractivity contribution in [3.05, 3.63) is 6.33 Å². The van der Waals surface area contributed by atoms with Gasteiger partial charge in [-0.05, 0) is 26.2 Å². The minimum atomic E-state index is -0.487. The number of nitrogens with two attached hydrogens (primary N) is 1. The first-order chi connectivity index (χ1) is 10.1. The molecule has 2 atom stereocenters. The fourth-order valence-corrected chi connectivity index (χ4v) is 3.64. The summed E-state index contributed by atoms with van der Waals surface area (Å²) >= 11 is 0. The highest BCUT2D eigenvalue weighted by molar-refractivity contribution is 5.68. The number of anilines is 2. The Hall–Kier alpha value is -1.56. The van der Waals surface area contributed by atoms with Crippen molar-refractivity contribution in [2.24, 2.45) is 5.92 Å². The molecule has 2 aliphatic rings. The highest BCUT2D eigenvalue weighted by Gasteiger charge is 2.43. The number of fused-ring (bicyclic) bond motifs is 1. The van der Waals surface area contributed by atoms with E-state index in [1.807, 2.05) is 6.92 Å². The van der Waals surface area contributed by atoms with Crippen LogP contribution in [-0.4, -0.2) is 40.4 Å². The van der Waals surface area contributed by atoms with Crippen molar-refractivity contribution in [2.45, 2.75) is 44.6 Å². The minimum Gasteiger partial charge on any atom is -0.476 e. The van der Waals surface area contributed by atoms with E-state index in [-0.39, 0.29) is 0 Å². The van der Waals surface area contributed by atoms with Crippen LogP contribution in [0.1, 0.15) is 39.0 Å². The van der Waals surface area contributed by atoms with Crippen LogP contribution in [0.5, 0.6) is 5.88 Å². The second-order valence-electron chi connectivity index (χ2n) is 6.09. The van der Waals surface area contributed by atoms with E-state index in [9.17, 15) is 5.11 Å². The molecule has 6 heteroatoms. The predicted octanol–water partition coefficient (Wildman–Crippen LogP) is 1.59. The molecule has 2 unspecified atom stereocenters. The summed E-state index contributed by atoms with van der Waals surface area (Å²) in [6, 6.07) is 0. The van der Waals surface area contributed by atoms with Gasteiger partial charge in [0.25, 0.3) is 0 Å². The number of hydrogen-bond acceptors (Lipinski definition) is 6. The molecule has 1 saturated heterocycles. The van der Waals surface area contributed by atoms with E-state index in [0.717, 1.165) is 44.6 Å². The van der Waals surface area contributed by atoms with Gasteiger partial charge in [-0.2, -0.15) is 4.98 Å². The Morgan fingerprint density at radius 2 is 2.29 bits per heavy atom. The van der Waals surface area contributed by atoms with Crippen molar-refractivity contribution in [3.63, 3.8) is 0 Å². The van der Waals surface area contributed by atoms with E-state index >= 15 is 0 Å². The molecule has 6 nitrogen and oxygen atoms in total. The van der Waals surface area contributed by atoms with Crippen LogP contribution in [0.15, 0.2) is 6.33 Å². The van der Waals surface area contributed by atoms with Gasteiger partial charge in [0.2, 0.25) is 5.88 Å². The molecular formula is C15H24N4O2. The van der Waals surface area contributed by atoms with Gasteiger partial charge in [0.1, 0.15) is 12.0 Å². The van der Waals surface area contributed by atoms with Gasteiger partial charge < -0.3 is 20.5 Å². The number of rotatable bonds is 3. The minimum absolute atomic E-state index is 0.310. The third-order valence-electron chi connectivity index (χ3n) is 4.83. The van der Waals surface area contributed by atoms with Crippen LogP contribution >= 0.6 is 0 Å². The summed E-state index contributed by atoms with van der Waals surface area (Å²) in [5.74, 6) is 1.50. The molecule has 0 bridgehead atoms. The molecule has 2 heterocycles. The Morgan fingerprint density at radius 1 is 1.43 bits per heavy atom. The van der Waals surface area contributed by atoms with Crippen LogP contribution in [-0.2, 0) is 0 Å². The molecule has 2 fully saturated rings. The quantitative estimate of drug-likeness (QED) is 0.880. The van der Waals surface area contributed by atoms with E-state index in [1.54, 1.807) is 0 Å². The van der Waals surface area contributed by atoms with E-state index < -0.39 is 5.60 Å². The lowest BCUT2D eigenvalue weighted by molar-refractivity contribution is -0.0613. The topological polar surface area (TPSA) is 84.5 Å². The highest BCUT2D eigenvalue weighted by Crippen LogP contribution is 2.41. The van der Waals surface area contributed by atoms with Gasteiger partial charge >= 0.3 is 0 Å². The van der Waals surface area contributed by atoms with Crippen LogP contribution in [0.2, 0.25) is 0 Å². The Kier molecular flexibility index (Phi) is 3.89. The molecule has 21 heavy (non-hydrogen) atoms. The lowest BCUT2D eigenvalue weighted by Crippen LogP contribution is -2.53. The van der Waals surface area contributed by atoms with Crippen LogP contribution in [0.25, 0.3) is 0 Å². The van der Waals surface area contributed by atoms with Gasteiger partial charge in [0, 0.05) is 19.0 Å². The summed E-state index contributed by atoms with van der Waals surface area (Å²) in [4.78, 5) is 10.6. The summed E-state index contributed by atoms with van der Waals surface area (Å²) in [6.45, 7) is 4.02. The van der Waals surface area contributed by atoms with Crippen LogP contribution < -0.4 is 15.4 Å². The summed E-state index contributed by atoms with van der Waals surface area (Å²) < 4.78 is 5.44. The van der Waals surface area contributed by atoms with Gasteiger partial charge in [0.15, 0.2) is 5.82 Å². The molecule has 1 saturated carbocycles.